The van der Waals surface area contributed by atoms with Crippen LogP contribution in [0.1, 0.15) is 32.1 Å². The van der Waals surface area contributed by atoms with Gasteiger partial charge in [-0.15, -0.1) is 0 Å². The van der Waals surface area contributed by atoms with Gasteiger partial charge in [-0.25, -0.2) is 0 Å². The SMILES string of the molecule is CN=C(NCCCCOCCOC)N(C)CCC1CCOCC1. The maximum Gasteiger partial charge on any atom is 0.193 e. The first kappa shape index (κ1) is 20.2. The monoisotopic (exact) mass is 329 g/mol. The molecule has 1 fully saturated rings. The second kappa shape index (κ2) is 13.6. The van der Waals surface area contributed by atoms with Crippen LogP contribution < -0.4 is 5.32 Å². The summed E-state index contributed by atoms with van der Waals surface area (Å²) in [6.45, 7) is 5.97. The van der Waals surface area contributed by atoms with Crippen molar-refractivity contribution in [1.29, 1.82) is 0 Å². The van der Waals surface area contributed by atoms with Crippen LogP contribution in [0.25, 0.3) is 0 Å². The normalized spacial score (nSPS) is 16.6. The van der Waals surface area contributed by atoms with Gasteiger partial charge in [-0.2, -0.15) is 0 Å². The first-order valence-corrected chi connectivity index (χ1v) is 8.84. The number of aliphatic imine (C=N–C) groups is 1. The van der Waals surface area contributed by atoms with E-state index in [0.29, 0.717) is 13.2 Å². The van der Waals surface area contributed by atoms with Crippen molar-refractivity contribution >= 4 is 5.96 Å². The summed E-state index contributed by atoms with van der Waals surface area (Å²) < 4.78 is 15.8. The molecule has 0 unspecified atom stereocenters. The van der Waals surface area contributed by atoms with E-state index in [-0.39, 0.29) is 0 Å². The molecule has 23 heavy (non-hydrogen) atoms. The number of nitrogens with zero attached hydrogens (tertiary/aromatic N) is 2. The zero-order valence-corrected chi connectivity index (χ0v) is 15.2. The van der Waals surface area contributed by atoms with Crippen LogP contribution in [0.4, 0.5) is 0 Å². The van der Waals surface area contributed by atoms with Gasteiger partial charge in [0.2, 0.25) is 0 Å². The Morgan fingerprint density at radius 3 is 2.70 bits per heavy atom. The van der Waals surface area contributed by atoms with Gasteiger partial charge in [-0.3, -0.25) is 4.99 Å². The molecule has 0 aromatic heterocycles. The zero-order chi connectivity index (χ0) is 16.8. The average Bonchev–Trinajstić information content (AvgIpc) is 2.59. The summed E-state index contributed by atoms with van der Waals surface area (Å²) in [6, 6.07) is 0. The van der Waals surface area contributed by atoms with E-state index in [9.17, 15) is 0 Å². The number of guanidine groups is 1. The Bertz CT molecular complexity index is 307. The third-order valence-electron chi connectivity index (χ3n) is 4.22. The van der Waals surface area contributed by atoms with Crippen LogP contribution in [0.5, 0.6) is 0 Å². The Kier molecular flexibility index (Phi) is 11.9. The van der Waals surface area contributed by atoms with Crippen molar-refractivity contribution < 1.29 is 14.2 Å². The standard InChI is InChI=1S/C17H35N3O3/c1-18-17(19-9-4-5-11-22-15-14-21-3)20(2)10-6-16-7-12-23-13-8-16/h16H,4-15H2,1-3H3,(H,18,19). The molecule has 6 nitrogen and oxygen atoms in total. The van der Waals surface area contributed by atoms with Crippen molar-refractivity contribution in [3.63, 3.8) is 0 Å². The molecule has 136 valence electrons. The summed E-state index contributed by atoms with van der Waals surface area (Å²) in [7, 11) is 5.65. The van der Waals surface area contributed by atoms with Crippen molar-refractivity contribution in [3.8, 4) is 0 Å². The highest BCUT2D eigenvalue weighted by Gasteiger charge is 2.15. The molecule has 6 heteroatoms. The third-order valence-corrected chi connectivity index (χ3v) is 4.22. The summed E-state index contributed by atoms with van der Waals surface area (Å²) in [5.41, 5.74) is 0. The number of methoxy groups -OCH3 is 1. The van der Waals surface area contributed by atoms with Gasteiger partial charge in [-0.1, -0.05) is 0 Å². The maximum absolute atomic E-state index is 5.46. The smallest absolute Gasteiger partial charge is 0.193 e. The second-order valence-corrected chi connectivity index (χ2v) is 6.05. The Morgan fingerprint density at radius 2 is 2.00 bits per heavy atom. The molecule has 1 N–H and O–H groups in total. The molecule has 0 radical (unpaired) electrons. The molecule has 0 saturated carbocycles. The van der Waals surface area contributed by atoms with Gasteiger partial charge in [0, 0.05) is 54.1 Å². The Hall–Kier alpha value is -0.850. The van der Waals surface area contributed by atoms with Crippen molar-refractivity contribution in [2.45, 2.75) is 32.1 Å². The van der Waals surface area contributed by atoms with Crippen LogP contribution in [0, 0.1) is 5.92 Å². The Balaban J connectivity index is 2.05. The van der Waals surface area contributed by atoms with Crippen LogP contribution in [0.3, 0.4) is 0 Å². The molecule has 1 aliphatic rings. The van der Waals surface area contributed by atoms with Gasteiger partial charge in [0.05, 0.1) is 13.2 Å². The number of rotatable bonds is 11. The topological polar surface area (TPSA) is 55.3 Å². The molecule has 1 heterocycles. The lowest BCUT2D eigenvalue weighted by Crippen LogP contribution is -2.40. The van der Waals surface area contributed by atoms with Crippen molar-refractivity contribution in [1.82, 2.24) is 10.2 Å². The fourth-order valence-corrected chi connectivity index (χ4v) is 2.68. The van der Waals surface area contributed by atoms with E-state index in [1.54, 1.807) is 7.11 Å². The van der Waals surface area contributed by atoms with E-state index in [0.717, 1.165) is 57.6 Å². The van der Waals surface area contributed by atoms with Gasteiger partial charge in [-0.05, 0) is 38.0 Å². The molecule has 1 saturated heterocycles. The zero-order valence-electron chi connectivity index (χ0n) is 15.2. The van der Waals surface area contributed by atoms with Gasteiger partial charge in [0.15, 0.2) is 5.96 Å². The average molecular weight is 329 g/mol. The summed E-state index contributed by atoms with van der Waals surface area (Å²) in [5, 5.41) is 3.43. The van der Waals surface area contributed by atoms with Crippen LogP contribution in [-0.4, -0.2) is 78.2 Å². The van der Waals surface area contributed by atoms with Crippen molar-refractivity contribution in [3.05, 3.63) is 0 Å². The number of nitrogens with one attached hydrogen (secondary N) is 1. The minimum atomic E-state index is 0.669. The number of ether oxygens (including phenoxy) is 3. The van der Waals surface area contributed by atoms with E-state index in [4.69, 9.17) is 14.2 Å². The molecule has 0 amide bonds. The van der Waals surface area contributed by atoms with Crippen LogP contribution in [0.2, 0.25) is 0 Å². The molecule has 0 aromatic rings. The van der Waals surface area contributed by atoms with Gasteiger partial charge < -0.3 is 24.4 Å². The predicted octanol–water partition coefficient (Wildman–Crippen LogP) is 1.75. The first-order chi connectivity index (χ1) is 11.3. The first-order valence-electron chi connectivity index (χ1n) is 8.84. The Morgan fingerprint density at radius 1 is 1.22 bits per heavy atom. The van der Waals surface area contributed by atoms with E-state index in [1.807, 2.05) is 7.05 Å². The lowest BCUT2D eigenvalue weighted by atomic mass is 9.96. The summed E-state index contributed by atoms with van der Waals surface area (Å²) in [4.78, 5) is 6.60. The molecular weight excluding hydrogens is 294 g/mol. The van der Waals surface area contributed by atoms with Crippen LogP contribution in [0.15, 0.2) is 4.99 Å². The van der Waals surface area contributed by atoms with Crippen LogP contribution in [-0.2, 0) is 14.2 Å². The molecule has 0 bridgehead atoms. The van der Waals surface area contributed by atoms with Gasteiger partial charge >= 0.3 is 0 Å². The second-order valence-electron chi connectivity index (χ2n) is 6.05. The van der Waals surface area contributed by atoms with E-state index >= 15 is 0 Å². The highest BCUT2D eigenvalue weighted by molar-refractivity contribution is 5.79. The number of hydrogen-bond acceptors (Lipinski definition) is 4. The molecular formula is C17H35N3O3. The lowest BCUT2D eigenvalue weighted by molar-refractivity contribution is 0.0625. The molecule has 1 aliphatic heterocycles. The molecule has 0 atom stereocenters. The highest BCUT2D eigenvalue weighted by atomic mass is 16.5. The van der Waals surface area contributed by atoms with E-state index in [1.165, 1.54) is 19.3 Å². The summed E-state index contributed by atoms with van der Waals surface area (Å²) >= 11 is 0. The minimum Gasteiger partial charge on any atom is -0.382 e. The lowest BCUT2D eigenvalue weighted by Gasteiger charge is -2.26. The van der Waals surface area contributed by atoms with Gasteiger partial charge in [0.25, 0.3) is 0 Å². The molecule has 0 spiro atoms. The molecule has 1 rings (SSSR count). The fraction of sp³-hybridized carbons (Fsp3) is 0.941. The highest BCUT2D eigenvalue weighted by Crippen LogP contribution is 2.18. The summed E-state index contributed by atoms with van der Waals surface area (Å²) in [6.07, 6.45) is 5.75. The maximum atomic E-state index is 5.46. The van der Waals surface area contributed by atoms with Crippen LogP contribution >= 0.6 is 0 Å². The van der Waals surface area contributed by atoms with Crippen molar-refractivity contribution in [2.75, 3.05) is 67.3 Å². The Labute approximate surface area is 141 Å². The largest absolute Gasteiger partial charge is 0.382 e. The number of unbranched alkanes of at least 4 members (excludes halogenated alkanes) is 1. The van der Waals surface area contributed by atoms with E-state index < -0.39 is 0 Å². The number of hydrogen-bond donors (Lipinski definition) is 1. The quantitative estimate of drug-likeness (QED) is 0.356. The minimum absolute atomic E-state index is 0.669. The molecule has 0 aliphatic carbocycles. The van der Waals surface area contributed by atoms with Crippen molar-refractivity contribution in [2.24, 2.45) is 10.9 Å². The predicted molar refractivity (Wildman–Crippen MR) is 94.1 cm³/mol. The molecule has 0 aromatic carbocycles. The van der Waals surface area contributed by atoms with Gasteiger partial charge in [0.1, 0.15) is 0 Å². The fourth-order valence-electron chi connectivity index (χ4n) is 2.68. The third kappa shape index (κ3) is 9.79. The van der Waals surface area contributed by atoms with E-state index in [2.05, 4.69) is 22.3 Å². The summed E-state index contributed by atoms with van der Waals surface area (Å²) in [5.74, 6) is 1.78.